The first-order valence-corrected chi connectivity index (χ1v) is 12.6. The molecule has 4 rings (SSSR count). The monoisotopic (exact) mass is 526 g/mol. The molecule has 37 heavy (non-hydrogen) atoms. The van der Waals surface area contributed by atoms with Gasteiger partial charge in [0.15, 0.2) is 0 Å². The summed E-state index contributed by atoms with van der Waals surface area (Å²) in [6, 6.07) is 14.5. The van der Waals surface area contributed by atoms with E-state index in [4.69, 9.17) is 14.6 Å². The number of ether oxygens (including phenoxy) is 1. The number of carboxylic acids is 1. The normalized spacial score (nSPS) is 18.0. The lowest BCUT2D eigenvalue weighted by Crippen LogP contribution is -2.42. The zero-order valence-electron chi connectivity index (χ0n) is 20.7. The number of anilines is 1. The van der Waals surface area contributed by atoms with Crippen LogP contribution in [0.3, 0.4) is 0 Å². The predicted molar refractivity (Wildman–Crippen MR) is 132 cm³/mol. The lowest BCUT2D eigenvalue weighted by Gasteiger charge is -2.39. The fourth-order valence-corrected chi connectivity index (χ4v) is 4.60. The molecule has 0 amide bonds. The van der Waals surface area contributed by atoms with Crippen molar-refractivity contribution in [2.45, 2.75) is 50.3 Å². The van der Waals surface area contributed by atoms with Crippen molar-refractivity contribution in [2.24, 2.45) is 0 Å². The summed E-state index contributed by atoms with van der Waals surface area (Å²) in [7, 11) is 0. The molecular weight excluding hydrogens is 492 g/mol. The van der Waals surface area contributed by atoms with Crippen LogP contribution in [0, 0.1) is 5.82 Å². The van der Waals surface area contributed by atoms with Gasteiger partial charge in [0.2, 0.25) is 0 Å². The number of likely N-dealkylation sites (tertiary alicyclic amines) is 1. The molecule has 0 bridgehead atoms. The largest absolute Gasteiger partial charge is 0.494 e. The summed E-state index contributed by atoms with van der Waals surface area (Å²) in [4.78, 5) is 13.7. The maximum absolute atomic E-state index is 13.2. The molecule has 2 aliphatic rings. The number of hydrogen-bond donors (Lipinski definition) is 2. The third-order valence-corrected chi connectivity index (χ3v) is 6.75. The Morgan fingerprint density at radius 3 is 2.03 bits per heavy atom. The molecule has 2 saturated heterocycles. The molecule has 204 valence electrons. The minimum absolute atomic E-state index is 0.270. The second-order valence-corrected chi connectivity index (χ2v) is 9.43. The molecular formula is C27H34F4N2O4. The highest BCUT2D eigenvalue weighted by Gasteiger charge is 2.38. The highest BCUT2D eigenvalue weighted by atomic mass is 19.4. The number of piperidine rings is 2. The van der Waals surface area contributed by atoms with E-state index >= 15 is 0 Å². The lowest BCUT2D eigenvalue weighted by molar-refractivity contribution is -0.192. The van der Waals surface area contributed by atoms with Crippen LogP contribution in [-0.4, -0.2) is 66.6 Å². The van der Waals surface area contributed by atoms with Crippen molar-refractivity contribution in [2.75, 3.05) is 44.2 Å². The quantitative estimate of drug-likeness (QED) is 0.382. The second kappa shape index (κ2) is 13.1. The van der Waals surface area contributed by atoms with Gasteiger partial charge in [0.05, 0.1) is 12.2 Å². The second-order valence-electron chi connectivity index (χ2n) is 9.43. The first-order chi connectivity index (χ1) is 17.6. The third-order valence-electron chi connectivity index (χ3n) is 6.75. The Morgan fingerprint density at radius 1 is 0.919 bits per heavy atom. The van der Waals surface area contributed by atoms with Gasteiger partial charge in [-0.2, -0.15) is 13.2 Å². The van der Waals surface area contributed by atoms with Crippen molar-refractivity contribution in [3.63, 3.8) is 0 Å². The van der Waals surface area contributed by atoms with Gasteiger partial charge in [-0.25, -0.2) is 9.18 Å². The first-order valence-electron chi connectivity index (χ1n) is 12.6. The molecule has 0 spiro atoms. The summed E-state index contributed by atoms with van der Waals surface area (Å²) in [5.41, 5.74) is 1.08. The maximum atomic E-state index is 13.2. The Bertz CT molecular complexity index is 969. The van der Waals surface area contributed by atoms with Gasteiger partial charge < -0.3 is 24.7 Å². The minimum atomic E-state index is -5.08. The van der Waals surface area contributed by atoms with Crippen molar-refractivity contribution in [1.82, 2.24) is 4.90 Å². The van der Waals surface area contributed by atoms with Crippen LogP contribution >= 0.6 is 0 Å². The fraction of sp³-hybridized carbons (Fsp3) is 0.519. The van der Waals surface area contributed by atoms with Crippen molar-refractivity contribution >= 4 is 11.7 Å². The van der Waals surface area contributed by atoms with E-state index in [-0.39, 0.29) is 5.82 Å². The van der Waals surface area contributed by atoms with Crippen LogP contribution in [0.25, 0.3) is 0 Å². The Kier molecular flexibility index (Phi) is 10.2. The molecule has 2 aromatic rings. The molecule has 0 saturated carbocycles. The SMILES string of the molecule is O=C(O)C(F)(F)F.OC1(c2ccc(F)cc2)CCN(c2ccc(OCCCN3CCCCC3)cc2)CC1. The average molecular weight is 527 g/mol. The van der Waals surface area contributed by atoms with Crippen LogP contribution < -0.4 is 9.64 Å². The topological polar surface area (TPSA) is 73.2 Å². The van der Waals surface area contributed by atoms with Crippen molar-refractivity contribution in [1.29, 1.82) is 0 Å². The van der Waals surface area contributed by atoms with E-state index in [1.165, 1.54) is 44.5 Å². The molecule has 0 aromatic heterocycles. The zero-order chi connectivity index (χ0) is 26.9. The lowest BCUT2D eigenvalue weighted by atomic mass is 9.84. The van der Waals surface area contributed by atoms with Gasteiger partial charge in [0.25, 0.3) is 0 Å². The van der Waals surface area contributed by atoms with Crippen molar-refractivity contribution in [3.8, 4) is 5.75 Å². The van der Waals surface area contributed by atoms with Gasteiger partial charge in [-0.15, -0.1) is 0 Å². The van der Waals surface area contributed by atoms with Crippen molar-refractivity contribution in [3.05, 3.63) is 59.9 Å². The van der Waals surface area contributed by atoms with Gasteiger partial charge in [-0.05, 0) is 87.2 Å². The molecule has 2 heterocycles. The Hall–Kier alpha value is -2.85. The minimum Gasteiger partial charge on any atom is -0.494 e. The van der Waals surface area contributed by atoms with E-state index in [2.05, 4.69) is 21.9 Å². The molecule has 0 atom stereocenters. The fourth-order valence-electron chi connectivity index (χ4n) is 4.60. The molecule has 0 aliphatic carbocycles. The van der Waals surface area contributed by atoms with Gasteiger partial charge in [0.1, 0.15) is 11.6 Å². The average Bonchev–Trinajstić information content (AvgIpc) is 2.88. The van der Waals surface area contributed by atoms with Gasteiger partial charge >= 0.3 is 12.1 Å². The molecule has 10 heteroatoms. The van der Waals surface area contributed by atoms with Crippen LogP contribution in [-0.2, 0) is 10.4 Å². The predicted octanol–water partition coefficient (Wildman–Crippen LogP) is 5.20. The number of carboxylic acid groups (broad SMARTS) is 1. The molecule has 2 N–H and O–H groups in total. The number of hydrogen-bond acceptors (Lipinski definition) is 5. The molecule has 0 radical (unpaired) electrons. The summed E-state index contributed by atoms with van der Waals surface area (Å²) < 4.78 is 50.8. The highest BCUT2D eigenvalue weighted by Crippen LogP contribution is 2.35. The van der Waals surface area contributed by atoms with E-state index in [0.29, 0.717) is 12.8 Å². The van der Waals surface area contributed by atoms with Crippen LogP contribution in [0.15, 0.2) is 48.5 Å². The van der Waals surface area contributed by atoms with Crippen LogP contribution in [0.2, 0.25) is 0 Å². The molecule has 2 aromatic carbocycles. The van der Waals surface area contributed by atoms with Crippen LogP contribution in [0.5, 0.6) is 5.75 Å². The molecule has 6 nitrogen and oxygen atoms in total. The van der Waals surface area contributed by atoms with E-state index in [1.54, 1.807) is 12.1 Å². The van der Waals surface area contributed by atoms with E-state index in [9.17, 15) is 22.7 Å². The summed E-state index contributed by atoms with van der Waals surface area (Å²) in [6.45, 7) is 5.89. The summed E-state index contributed by atoms with van der Waals surface area (Å²) in [6.07, 6.45) is 1.29. The number of aliphatic hydroxyl groups is 1. The summed E-state index contributed by atoms with van der Waals surface area (Å²) >= 11 is 0. The number of carbonyl (C=O) groups is 1. The standard InChI is InChI=1S/C25H33FN2O2.C2HF3O2/c26-22-7-5-21(6-8-22)25(29)13-18-28(19-14-25)23-9-11-24(12-10-23)30-20-4-17-27-15-2-1-3-16-27;3-2(4,5)1(6)7/h5-12,29H,1-4,13-20H2;(H,6,7). The molecule has 2 fully saturated rings. The van der Waals surface area contributed by atoms with Gasteiger partial charge in [0, 0.05) is 25.3 Å². The number of nitrogens with zero attached hydrogens (tertiary/aromatic N) is 2. The first kappa shape index (κ1) is 28.7. The zero-order valence-corrected chi connectivity index (χ0v) is 20.7. The Labute approximate surface area is 214 Å². The van der Waals surface area contributed by atoms with Gasteiger partial charge in [-0.1, -0.05) is 18.6 Å². The summed E-state index contributed by atoms with van der Waals surface area (Å²) in [5.74, 6) is -2.11. The molecule has 0 unspecified atom stereocenters. The highest BCUT2D eigenvalue weighted by molar-refractivity contribution is 5.73. The van der Waals surface area contributed by atoms with E-state index in [1.807, 2.05) is 12.1 Å². The van der Waals surface area contributed by atoms with Crippen molar-refractivity contribution < 1.29 is 37.3 Å². The number of halogens is 4. The number of benzene rings is 2. The van der Waals surface area contributed by atoms with E-state index < -0.39 is 17.7 Å². The third kappa shape index (κ3) is 8.89. The van der Waals surface area contributed by atoms with Crippen LogP contribution in [0.4, 0.5) is 23.2 Å². The maximum Gasteiger partial charge on any atom is 0.490 e. The Balaban J connectivity index is 0.000000479. The number of alkyl halides is 3. The Morgan fingerprint density at radius 2 is 1.49 bits per heavy atom. The van der Waals surface area contributed by atoms with E-state index in [0.717, 1.165) is 49.7 Å². The number of rotatable bonds is 7. The molecule has 2 aliphatic heterocycles. The number of aliphatic carboxylic acids is 1. The van der Waals surface area contributed by atoms with Gasteiger partial charge in [-0.3, -0.25) is 0 Å². The summed E-state index contributed by atoms with van der Waals surface area (Å²) in [5, 5.41) is 18.1. The van der Waals surface area contributed by atoms with Crippen LogP contribution in [0.1, 0.15) is 44.1 Å². The smallest absolute Gasteiger partial charge is 0.490 e.